The number of aryl methyl sites for hydroxylation is 1. The maximum absolute atomic E-state index is 11.1. The van der Waals surface area contributed by atoms with Gasteiger partial charge in [-0.15, -0.1) is 0 Å². The quantitative estimate of drug-likeness (QED) is 0.596. The van der Waals surface area contributed by atoms with Crippen LogP contribution >= 0.6 is 0 Å². The van der Waals surface area contributed by atoms with E-state index >= 15 is 0 Å². The molecule has 0 aromatic heterocycles. The molecule has 3 heteroatoms. The van der Waals surface area contributed by atoms with E-state index in [4.69, 9.17) is 5.73 Å². The normalized spacial score (nSPS) is 20.5. The minimum atomic E-state index is -0.485. The number of hydrogen-bond acceptors (Lipinski definition) is 2. The Hall–Kier alpha value is -1.35. The van der Waals surface area contributed by atoms with E-state index in [1.807, 2.05) is 25.1 Å². The lowest BCUT2D eigenvalue weighted by molar-refractivity contribution is -0.116. The van der Waals surface area contributed by atoms with Gasteiger partial charge in [0, 0.05) is 11.3 Å². The van der Waals surface area contributed by atoms with E-state index < -0.39 is 6.04 Å². The number of nitrogens with two attached hydrogens (primary N) is 1. The lowest BCUT2D eigenvalue weighted by Gasteiger charge is -2.04. The van der Waals surface area contributed by atoms with Crippen molar-refractivity contribution in [1.29, 1.82) is 0 Å². The second-order valence-corrected chi connectivity index (χ2v) is 3.00. The first kappa shape index (κ1) is 7.31. The number of carbonyl (C=O) groups excluding carboxylic acids is 1. The molecule has 0 fully saturated rings. The zero-order chi connectivity index (χ0) is 8.72. The molecule has 1 aliphatic rings. The Bertz CT molecular complexity index is 346. The summed E-state index contributed by atoms with van der Waals surface area (Å²) in [4.78, 5) is 11.1. The largest absolute Gasteiger partial charge is 0.324 e. The van der Waals surface area contributed by atoms with Crippen LogP contribution in [0.25, 0.3) is 0 Å². The molecule has 3 nitrogen and oxygen atoms in total. The van der Waals surface area contributed by atoms with Gasteiger partial charge in [-0.3, -0.25) is 4.79 Å². The summed E-state index contributed by atoms with van der Waals surface area (Å²) >= 11 is 0. The van der Waals surface area contributed by atoms with Crippen molar-refractivity contribution in [3.63, 3.8) is 0 Å². The second-order valence-electron chi connectivity index (χ2n) is 3.00. The van der Waals surface area contributed by atoms with Crippen molar-refractivity contribution in [3.05, 3.63) is 29.3 Å². The maximum Gasteiger partial charge on any atom is 0.245 e. The van der Waals surface area contributed by atoms with Crippen molar-refractivity contribution in [2.45, 2.75) is 13.0 Å². The molecule has 0 spiro atoms. The van der Waals surface area contributed by atoms with E-state index in [0.29, 0.717) is 0 Å². The standard InChI is InChI=1S/C9H10N2O/c1-5-3-2-4-6-7(5)8(10)9(12)11-6/h2-4,8H,10H2,1H3,(H,11,12)/t8-/m1/s1. The number of carbonyl (C=O) groups is 1. The summed E-state index contributed by atoms with van der Waals surface area (Å²) in [5, 5.41) is 2.72. The highest BCUT2D eigenvalue weighted by molar-refractivity contribution is 6.02. The summed E-state index contributed by atoms with van der Waals surface area (Å²) in [6.07, 6.45) is 0. The Morgan fingerprint density at radius 3 is 2.92 bits per heavy atom. The van der Waals surface area contributed by atoms with Crippen molar-refractivity contribution in [2.75, 3.05) is 5.32 Å². The van der Waals surface area contributed by atoms with Crippen molar-refractivity contribution in [2.24, 2.45) is 5.73 Å². The average Bonchev–Trinajstić information content (AvgIpc) is 2.29. The fraction of sp³-hybridized carbons (Fsp3) is 0.222. The molecule has 1 aliphatic heterocycles. The SMILES string of the molecule is Cc1cccc2c1[C@@H](N)C(=O)N2. The van der Waals surface area contributed by atoms with Crippen LogP contribution < -0.4 is 11.1 Å². The molecule has 3 N–H and O–H groups in total. The van der Waals surface area contributed by atoms with Crippen molar-refractivity contribution in [1.82, 2.24) is 0 Å². The molecule has 0 unspecified atom stereocenters. The fourth-order valence-corrected chi connectivity index (χ4v) is 1.54. The number of rotatable bonds is 0. The van der Waals surface area contributed by atoms with E-state index in [1.54, 1.807) is 0 Å². The lowest BCUT2D eigenvalue weighted by Crippen LogP contribution is -2.20. The third kappa shape index (κ3) is 0.833. The number of hydrogen-bond donors (Lipinski definition) is 2. The number of fused-ring (bicyclic) bond motifs is 1. The summed E-state index contributed by atoms with van der Waals surface area (Å²) in [6, 6.07) is 5.25. The van der Waals surface area contributed by atoms with Crippen LogP contribution in [0.2, 0.25) is 0 Å². The monoisotopic (exact) mass is 162 g/mol. The molecule has 0 saturated carbocycles. The summed E-state index contributed by atoms with van der Waals surface area (Å²) in [5.41, 5.74) is 8.53. The van der Waals surface area contributed by atoms with Gasteiger partial charge in [0.2, 0.25) is 5.91 Å². The molecule has 1 heterocycles. The molecule has 0 aliphatic carbocycles. The first-order valence-corrected chi connectivity index (χ1v) is 3.86. The van der Waals surface area contributed by atoms with Crippen LogP contribution in [0.1, 0.15) is 17.2 Å². The third-order valence-electron chi connectivity index (χ3n) is 2.18. The van der Waals surface area contributed by atoms with Gasteiger partial charge in [-0.1, -0.05) is 12.1 Å². The van der Waals surface area contributed by atoms with Crippen molar-refractivity contribution < 1.29 is 4.79 Å². The van der Waals surface area contributed by atoms with E-state index in [9.17, 15) is 4.79 Å². The molecule has 1 amide bonds. The highest BCUT2D eigenvalue weighted by atomic mass is 16.2. The first-order valence-electron chi connectivity index (χ1n) is 3.86. The predicted octanol–water partition coefficient (Wildman–Crippen LogP) is 0.947. The predicted molar refractivity (Wildman–Crippen MR) is 46.7 cm³/mol. The summed E-state index contributed by atoms with van der Waals surface area (Å²) in [6.45, 7) is 1.96. The Morgan fingerprint density at radius 1 is 1.50 bits per heavy atom. The molecular formula is C9H10N2O. The Balaban J connectivity index is 2.62. The van der Waals surface area contributed by atoms with E-state index in [1.165, 1.54) is 0 Å². The van der Waals surface area contributed by atoms with Gasteiger partial charge in [0.1, 0.15) is 6.04 Å². The van der Waals surface area contributed by atoms with Crippen LogP contribution in [-0.4, -0.2) is 5.91 Å². The topological polar surface area (TPSA) is 55.1 Å². The van der Waals surface area contributed by atoms with E-state index in [-0.39, 0.29) is 5.91 Å². The van der Waals surface area contributed by atoms with Gasteiger partial charge in [-0.2, -0.15) is 0 Å². The molecule has 0 saturated heterocycles. The van der Waals surface area contributed by atoms with Crippen molar-refractivity contribution >= 4 is 11.6 Å². The number of anilines is 1. The highest BCUT2D eigenvalue weighted by Gasteiger charge is 2.27. The molecule has 0 bridgehead atoms. The zero-order valence-electron chi connectivity index (χ0n) is 6.79. The minimum absolute atomic E-state index is 0.112. The van der Waals surface area contributed by atoms with Crippen LogP contribution in [0.15, 0.2) is 18.2 Å². The van der Waals surface area contributed by atoms with Crippen molar-refractivity contribution in [3.8, 4) is 0 Å². The maximum atomic E-state index is 11.1. The molecule has 2 rings (SSSR count). The number of amides is 1. The van der Waals surface area contributed by atoms with Gasteiger partial charge >= 0.3 is 0 Å². The molecule has 12 heavy (non-hydrogen) atoms. The Morgan fingerprint density at radius 2 is 2.25 bits per heavy atom. The zero-order valence-corrected chi connectivity index (χ0v) is 6.79. The molecule has 1 aromatic rings. The van der Waals surface area contributed by atoms with Crippen LogP contribution in [0, 0.1) is 6.92 Å². The Labute approximate surface area is 70.6 Å². The minimum Gasteiger partial charge on any atom is -0.324 e. The average molecular weight is 162 g/mol. The van der Waals surface area contributed by atoms with E-state index in [0.717, 1.165) is 16.8 Å². The van der Waals surface area contributed by atoms with Gasteiger partial charge < -0.3 is 11.1 Å². The van der Waals surface area contributed by atoms with Gasteiger partial charge in [0.25, 0.3) is 0 Å². The van der Waals surface area contributed by atoms with Gasteiger partial charge in [0.05, 0.1) is 0 Å². The van der Waals surface area contributed by atoms with Crippen LogP contribution in [0.4, 0.5) is 5.69 Å². The van der Waals surface area contributed by atoms with Gasteiger partial charge in [0.15, 0.2) is 0 Å². The molecule has 1 aromatic carbocycles. The number of benzene rings is 1. The second kappa shape index (κ2) is 2.32. The van der Waals surface area contributed by atoms with Crippen LogP contribution in [-0.2, 0) is 4.79 Å². The number of nitrogens with one attached hydrogen (secondary N) is 1. The van der Waals surface area contributed by atoms with E-state index in [2.05, 4.69) is 5.32 Å². The summed E-state index contributed by atoms with van der Waals surface area (Å²) in [7, 11) is 0. The summed E-state index contributed by atoms with van der Waals surface area (Å²) < 4.78 is 0. The van der Waals surface area contributed by atoms with Crippen LogP contribution in [0.3, 0.4) is 0 Å². The summed E-state index contributed by atoms with van der Waals surface area (Å²) in [5.74, 6) is -0.112. The molecule has 0 radical (unpaired) electrons. The van der Waals surface area contributed by atoms with Gasteiger partial charge in [-0.25, -0.2) is 0 Å². The van der Waals surface area contributed by atoms with Crippen LogP contribution in [0.5, 0.6) is 0 Å². The highest BCUT2D eigenvalue weighted by Crippen LogP contribution is 2.31. The molecule has 62 valence electrons. The molecule has 1 atom stereocenters. The lowest BCUT2D eigenvalue weighted by atomic mass is 10.0. The fourth-order valence-electron chi connectivity index (χ4n) is 1.54. The third-order valence-corrected chi connectivity index (χ3v) is 2.18. The first-order chi connectivity index (χ1) is 5.70. The molecular weight excluding hydrogens is 152 g/mol. The smallest absolute Gasteiger partial charge is 0.245 e. The van der Waals surface area contributed by atoms with Gasteiger partial charge in [-0.05, 0) is 18.6 Å². The Kier molecular flexibility index (Phi) is 1.41.